The molecule has 1 saturated heterocycles. The van der Waals surface area contributed by atoms with Gasteiger partial charge in [-0.25, -0.2) is 8.42 Å². The van der Waals surface area contributed by atoms with Crippen molar-refractivity contribution in [2.24, 2.45) is 0 Å². The molecule has 0 N–H and O–H groups in total. The SMILES string of the molecule is O=CCCc1ccccc1OC1CS(=O)(=O)C1. The Balaban J connectivity index is 2.02. The molecule has 1 fully saturated rings. The molecule has 1 aromatic carbocycles. The molecule has 5 heteroatoms. The Morgan fingerprint density at radius 3 is 2.65 bits per heavy atom. The number of benzene rings is 1. The molecule has 0 bridgehead atoms. The van der Waals surface area contributed by atoms with Crippen LogP contribution in [0.2, 0.25) is 0 Å². The number of aldehydes is 1. The second-order valence-electron chi connectivity index (χ2n) is 4.13. The molecule has 92 valence electrons. The molecule has 2 rings (SSSR count). The Bertz CT molecular complexity index is 495. The van der Waals surface area contributed by atoms with Crippen LogP contribution in [-0.4, -0.2) is 32.3 Å². The maximum Gasteiger partial charge on any atom is 0.157 e. The number of hydrogen-bond acceptors (Lipinski definition) is 4. The van der Waals surface area contributed by atoms with Gasteiger partial charge in [-0.05, 0) is 18.1 Å². The highest BCUT2D eigenvalue weighted by molar-refractivity contribution is 7.92. The largest absolute Gasteiger partial charge is 0.488 e. The smallest absolute Gasteiger partial charge is 0.157 e. The van der Waals surface area contributed by atoms with Crippen LogP contribution in [0.5, 0.6) is 5.75 Å². The third-order valence-electron chi connectivity index (χ3n) is 2.68. The van der Waals surface area contributed by atoms with Crippen LogP contribution < -0.4 is 4.74 Å². The molecule has 1 aliphatic heterocycles. The average Bonchev–Trinajstić information content (AvgIpc) is 2.25. The molecule has 0 radical (unpaired) electrons. The number of sulfone groups is 1. The zero-order valence-corrected chi connectivity index (χ0v) is 10.2. The second-order valence-corrected chi connectivity index (χ2v) is 6.28. The first-order chi connectivity index (χ1) is 8.11. The van der Waals surface area contributed by atoms with Gasteiger partial charge in [0.05, 0.1) is 11.5 Å². The Morgan fingerprint density at radius 1 is 1.29 bits per heavy atom. The van der Waals surface area contributed by atoms with E-state index < -0.39 is 9.84 Å². The van der Waals surface area contributed by atoms with E-state index in [9.17, 15) is 13.2 Å². The van der Waals surface area contributed by atoms with Crippen LogP contribution in [0.15, 0.2) is 24.3 Å². The van der Waals surface area contributed by atoms with E-state index >= 15 is 0 Å². The van der Waals surface area contributed by atoms with Crippen LogP contribution in [0, 0.1) is 0 Å². The molecule has 1 aliphatic rings. The van der Waals surface area contributed by atoms with E-state index in [1.165, 1.54) is 0 Å². The fourth-order valence-corrected chi connectivity index (χ4v) is 2.98. The lowest BCUT2D eigenvalue weighted by Gasteiger charge is -2.27. The van der Waals surface area contributed by atoms with Gasteiger partial charge in [0.15, 0.2) is 9.84 Å². The number of carbonyl (C=O) groups excluding carboxylic acids is 1. The molecule has 0 atom stereocenters. The van der Waals surface area contributed by atoms with E-state index in [1.807, 2.05) is 24.3 Å². The minimum Gasteiger partial charge on any atom is -0.488 e. The molecule has 4 nitrogen and oxygen atoms in total. The van der Waals surface area contributed by atoms with Crippen LogP contribution in [0.4, 0.5) is 0 Å². The quantitative estimate of drug-likeness (QED) is 0.735. The van der Waals surface area contributed by atoms with Crippen molar-refractivity contribution in [2.75, 3.05) is 11.5 Å². The standard InChI is InChI=1S/C12H14O4S/c13-7-3-5-10-4-1-2-6-12(10)16-11-8-17(14,15)9-11/h1-2,4,6-7,11H,3,5,8-9H2. The molecule has 0 aromatic heterocycles. The maximum atomic E-state index is 11.0. The lowest BCUT2D eigenvalue weighted by molar-refractivity contribution is -0.107. The van der Waals surface area contributed by atoms with Crippen molar-refractivity contribution in [1.29, 1.82) is 0 Å². The minimum absolute atomic E-state index is 0.0923. The lowest BCUT2D eigenvalue weighted by Crippen LogP contribution is -2.45. The van der Waals surface area contributed by atoms with E-state index in [-0.39, 0.29) is 17.6 Å². The van der Waals surface area contributed by atoms with Gasteiger partial charge in [-0.2, -0.15) is 0 Å². The summed E-state index contributed by atoms with van der Waals surface area (Å²) < 4.78 is 27.7. The predicted octanol–water partition coefficient (Wildman–Crippen LogP) is 0.994. The van der Waals surface area contributed by atoms with Crippen LogP contribution in [-0.2, 0) is 21.1 Å². The Hall–Kier alpha value is -1.36. The van der Waals surface area contributed by atoms with Gasteiger partial charge in [-0.1, -0.05) is 18.2 Å². The number of hydrogen-bond donors (Lipinski definition) is 0. The summed E-state index contributed by atoms with van der Waals surface area (Å²) in [7, 11) is -2.86. The summed E-state index contributed by atoms with van der Waals surface area (Å²) in [5, 5.41) is 0. The van der Waals surface area contributed by atoms with Gasteiger partial charge in [0.25, 0.3) is 0 Å². The summed E-state index contributed by atoms with van der Waals surface area (Å²) in [5.41, 5.74) is 0.948. The zero-order chi connectivity index (χ0) is 12.3. The van der Waals surface area contributed by atoms with Crippen LogP contribution in [0.1, 0.15) is 12.0 Å². The first kappa shape index (κ1) is 12.1. The number of ether oxygens (including phenoxy) is 1. The van der Waals surface area contributed by atoms with Crippen LogP contribution in [0.25, 0.3) is 0 Å². The average molecular weight is 254 g/mol. The topological polar surface area (TPSA) is 60.4 Å². The molecular formula is C12H14O4S. The first-order valence-electron chi connectivity index (χ1n) is 5.49. The van der Waals surface area contributed by atoms with Gasteiger partial charge >= 0.3 is 0 Å². The summed E-state index contributed by atoms with van der Waals surface area (Å²) in [4.78, 5) is 10.3. The number of aryl methyl sites for hydroxylation is 1. The molecule has 1 heterocycles. The van der Waals surface area contributed by atoms with Crippen molar-refractivity contribution < 1.29 is 17.9 Å². The monoisotopic (exact) mass is 254 g/mol. The van der Waals surface area contributed by atoms with Gasteiger partial charge in [0.1, 0.15) is 18.1 Å². The van der Waals surface area contributed by atoms with Gasteiger partial charge < -0.3 is 9.53 Å². The van der Waals surface area contributed by atoms with Gasteiger partial charge in [0.2, 0.25) is 0 Å². The molecule has 0 aliphatic carbocycles. The van der Waals surface area contributed by atoms with E-state index in [0.29, 0.717) is 18.6 Å². The Labute approximate surface area is 101 Å². The summed E-state index contributed by atoms with van der Waals surface area (Å²) >= 11 is 0. The number of para-hydroxylation sites is 1. The summed E-state index contributed by atoms with van der Waals surface area (Å²) in [5.74, 6) is 0.874. The normalized spacial score (nSPS) is 18.4. The predicted molar refractivity (Wildman–Crippen MR) is 63.9 cm³/mol. The zero-order valence-electron chi connectivity index (χ0n) is 9.33. The first-order valence-corrected chi connectivity index (χ1v) is 7.31. The van der Waals surface area contributed by atoms with Gasteiger partial charge in [-0.15, -0.1) is 0 Å². The van der Waals surface area contributed by atoms with E-state index in [4.69, 9.17) is 4.74 Å². The fraction of sp³-hybridized carbons (Fsp3) is 0.417. The van der Waals surface area contributed by atoms with E-state index in [0.717, 1.165) is 11.8 Å². The number of carbonyl (C=O) groups is 1. The maximum absolute atomic E-state index is 11.0. The van der Waals surface area contributed by atoms with Crippen molar-refractivity contribution in [2.45, 2.75) is 18.9 Å². The summed E-state index contributed by atoms with van der Waals surface area (Å²) in [6.07, 6.45) is 1.70. The Kier molecular flexibility index (Phi) is 3.47. The second kappa shape index (κ2) is 4.87. The Morgan fingerprint density at radius 2 is 2.00 bits per heavy atom. The highest BCUT2D eigenvalue weighted by Gasteiger charge is 2.35. The van der Waals surface area contributed by atoms with Gasteiger partial charge in [-0.3, -0.25) is 0 Å². The number of rotatable bonds is 5. The van der Waals surface area contributed by atoms with Crippen molar-refractivity contribution in [3.63, 3.8) is 0 Å². The van der Waals surface area contributed by atoms with Crippen molar-refractivity contribution in [1.82, 2.24) is 0 Å². The third kappa shape index (κ3) is 3.06. The van der Waals surface area contributed by atoms with Crippen molar-refractivity contribution in [3.8, 4) is 5.75 Å². The molecular weight excluding hydrogens is 240 g/mol. The van der Waals surface area contributed by atoms with Crippen molar-refractivity contribution >= 4 is 16.1 Å². The highest BCUT2D eigenvalue weighted by Crippen LogP contribution is 2.24. The highest BCUT2D eigenvalue weighted by atomic mass is 32.2. The van der Waals surface area contributed by atoms with Gasteiger partial charge in [0, 0.05) is 6.42 Å². The summed E-state index contributed by atoms with van der Waals surface area (Å²) in [6.45, 7) is 0. The van der Waals surface area contributed by atoms with Crippen molar-refractivity contribution in [3.05, 3.63) is 29.8 Å². The molecule has 17 heavy (non-hydrogen) atoms. The summed E-state index contributed by atoms with van der Waals surface area (Å²) in [6, 6.07) is 7.43. The van der Waals surface area contributed by atoms with Crippen LogP contribution >= 0.6 is 0 Å². The fourth-order valence-electron chi connectivity index (χ4n) is 1.81. The van der Waals surface area contributed by atoms with E-state index in [1.54, 1.807) is 0 Å². The van der Waals surface area contributed by atoms with Crippen LogP contribution in [0.3, 0.4) is 0 Å². The molecule has 0 unspecified atom stereocenters. The third-order valence-corrected chi connectivity index (χ3v) is 4.44. The molecule has 0 spiro atoms. The molecule has 1 aromatic rings. The lowest BCUT2D eigenvalue weighted by atomic mass is 10.1. The molecule has 0 amide bonds. The van der Waals surface area contributed by atoms with E-state index in [2.05, 4.69) is 0 Å². The molecule has 0 saturated carbocycles. The minimum atomic E-state index is -2.86.